The molecule has 0 bridgehead atoms. The van der Waals surface area contributed by atoms with E-state index in [1.54, 1.807) is 0 Å². The normalized spacial score (nSPS) is 17.7. The summed E-state index contributed by atoms with van der Waals surface area (Å²) in [6.07, 6.45) is 5.82. The third-order valence-corrected chi connectivity index (χ3v) is 1.82. The van der Waals surface area contributed by atoms with Crippen molar-refractivity contribution in [1.82, 2.24) is 0 Å². The lowest BCUT2D eigenvalue weighted by Gasteiger charge is -2.08. The summed E-state index contributed by atoms with van der Waals surface area (Å²) < 4.78 is 0. The van der Waals surface area contributed by atoms with Crippen LogP contribution in [0.15, 0.2) is 34.9 Å². The van der Waals surface area contributed by atoms with E-state index in [0.717, 1.165) is 16.7 Å². The Labute approximate surface area is 67.1 Å². The second kappa shape index (κ2) is 2.87. The average molecular weight is 148 g/mol. The predicted molar refractivity (Wildman–Crippen MR) is 46.3 cm³/mol. The van der Waals surface area contributed by atoms with Crippen molar-refractivity contribution < 1.29 is 4.79 Å². The van der Waals surface area contributed by atoms with Crippen LogP contribution in [-0.2, 0) is 4.79 Å². The van der Waals surface area contributed by atoms with Crippen molar-refractivity contribution in [2.24, 2.45) is 0 Å². The van der Waals surface area contributed by atoms with E-state index in [1.807, 2.05) is 39.0 Å². The molecule has 0 aromatic carbocycles. The fourth-order valence-electron chi connectivity index (χ4n) is 1.15. The second-order valence-corrected chi connectivity index (χ2v) is 2.77. The van der Waals surface area contributed by atoms with E-state index in [9.17, 15) is 4.79 Å². The highest BCUT2D eigenvalue weighted by molar-refractivity contribution is 6.09. The molecule has 0 heterocycles. The minimum atomic E-state index is 0.163. The van der Waals surface area contributed by atoms with Crippen molar-refractivity contribution in [2.45, 2.75) is 20.8 Å². The van der Waals surface area contributed by atoms with Gasteiger partial charge in [0.15, 0.2) is 5.78 Å². The molecule has 0 fully saturated rings. The Balaban J connectivity index is 3.07. The molecule has 0 aliphatic heterocycles. The van der Waals surface area contributed by atoms with Gasteiger partial charge in [-0.1, -0.05) is 6.08 Å². The van der Waals surface area contributed by atoms with E-state index in [1.165, 1.54) is 0 Å². The highest BCUT2D eigenvalue weighted by Crippen LogP contribution is 2.17. The summed E-state index contributed by atoms with van der Waals surface area (Å²) in [5, 5.41) is 0. The SMILES string of the molecule is CC=C1C=C(C)C(=O)C(C)=C1. The Morgan fingerprint density at radius 1 is 1.18 bits per heavy atom. The summed E-state index contributed by atoms with van der Waals surface area (Å²) in [6, 6.07) is 0. The topological polar surface area (TPSA) is 17.1 Å². The second-order valence-electron chi connectivity index (χ2n) is 2.77. The van der Waals surface area contributed by atoms with Crippen LogP contribution in [0.3, 0.4) is 0 Å². The minimum Gasteiger partial charge on any atom is -0.289 e. The van der Waals surface area contributed by atoms with Crippen molar-refractivity contribution >= 4 is 5.78 Å². The molecule has 0 saturated heterocycles. The molecular formula is C10H12O. The molecule has 58 valence electrons. The van der Waals surface area contributed by atoms with E-state index >= 15 is 0 Å². The Bertz CT molecular complexity index is 253. The molecular weight excluding hydrogens is 136 g/mol. The molecule has 0 aromatic rings. The number of ketones is 1. The lowest BCUT2D eigenvalue weighted by Crippen LogP contribution is -2.05. The summed E-state index contributed by atoms with van der Waals surface area (Å²) in [4.78, 5) is 11.2. The molecule has 1 nitrogen and oxygen atoms in total. The maximum Gasteiger partial charge on any atom is 0.184 e. The van der Waals surface area contributed by atoms with Gasteiger partial charge in [0, 0.05) is 0 Å². The third kappa shape index (κ3) is 1.48. The quantitative estimate of drug-likeness (QED) is 0.515. The van der Waals surface area contributed by atoms with Crippen molar-refractivity contribution in [2.75, 3.05) is 0 Å². The van der Waals surface area contributed by atoms with Gasteiger partial charge in [-0.3, -0.25) is 4.79 Å². The smallest absolute Gasteiger partial charge is 0.184 e. The van der Waals surface area contributed by atoms with E-state index in [0.29, 0.717) is 0 Å². The van der Waals surface area contributed by atoms with Crippen molar-refractivity contribution in [3.8, 4) is 0 Å². The molecule has 1 aliphatic rings. The Hall–Kier alpha value is -1.11. The van der Waals surface area contributed by atoms with Crippen molar-refractivity contribution in [1.29, 1.82) is 0 Å². The van der Waals surface area contributed by atoms with E-state index < -0.39 is 0 Å². The van der Waals surface area contributed by atoms with Crippen LogP contribution in [0, 0.1) is 0 Å². The number of hydrogen-bond acceptors (Lipinski definition) is 1. The van der Waals surface area contributed by atoms with Gasteiger partial charge >= 0.3 is 0 Å². The summed E-state index contributed by atoms with van der Waals surface area (Å²) in [5.41, 5.74) is 2.79. The van der Waals surface area contributed by atoms with Gasteiger partial charge in [0.25, 0.3) is 0 Å². The molecule has 0 saturated carbocycles. The number of carbonyl (C=O) groups is 1. The Morgan fingerprint density at radius 2 is 1.64 bits per heavy atom. The lowest BCUT2D eigenvalue weighted by atomic mass is 9.96. The van der Waals surface area contributed by atoms with Crippen LogP contribution in [0.2, 0.25) is 0 Å². The maximum absolute atomic E-state index is 11.2. The number of hydrogen-bond donors (Lipinski definition) is 0. The van der Waals surface area contributed by atoms with Crippen LogP contribution in [0.1, 0.15) is 20.8 Å². The van der Waals surface area contributed by atoms with Gasteiger partial charge in [0.1, 0.15) is 0 Å². The maximum atomic E-state index is 11.2. The molecule has 0 spiro atoms. The van der Waals surface area contributed by atoms with Gasteiger partial charge < -0.3 is 0 Å². The number of rotatable bonds is 0. The summed E-state index contributed by atoms with van der Waals surface area (Å²) in [7, 11) is 0. The zero-order chi connectivity index (χ0) is 8.43. The number of allylic oxidation sites excluding steroid dienone is 6. The molecule has 0 atom stereocenters. The predicted octanol–water partition coefficient (Wildman–Crippen LogP) is 2.41. The molecule has 1 aliphatic carbocycles. The van der Waals surface area contributed by atoms with Gasteiger partial charge in [-0.25, -0.2) is 0 Å². The molecule has 11 heavy (non-hydrogen) atoms. The summed E-state index contributed by atoms with van der Waals surface area (Å²) in [5.74, 6) is 0.163. The number of Topliss-reactive ketones (excluding diaryl/α,β-unsaturated/α-hetero) is 1. The Morgan fingerprint density at radius 3 is 2.00 bits per heavy atom. The van der Waals surface area contributed by atoms with Crippen LogP contribution in [-0.4, -0.2) is 5.78 Å². The zero-order valence-corrected chi connectivity index (χ0v) is 7.14. The van der Waals surface area contributed by atoms with Crippen LogP contribution in [0.5, 0.6) is 0 Å². The average Bonchev–Trinajstić information content (AvgIpc) is 1.99. The van der Waals surface area contributed by atoms with Crippen LogP contribution < -0.4 is 0 Å². The fourth-order valence-corrected chi connectivity index (χ4v) is 1.15. The first-order valence-electron chi connectivity index (χ1n) is 3.72. The monoisotopic (exact) mass is 148 g/mol. The molecule has 0 aromatic heterocycles. The highest BCUT2D eigenvalue weighted by Gasteiger charge is 2.11. The standard InChI is InChI=1S/C10H12O/c1-4-9-5-7(2)10(11)8(3)6-9/h4-6H,1-3H3. The summed E-state index contributed by atoms with van der Waals surface area (Å²) in [6.45, 7) is 5.67. The van der Waals surface area contributed by atoms with Crippen LogP contribution in [0.4, 0.5) is 0 Å². The van der Waals surface area contributed by atoms with Crippen molar-refractivity contribution in [3.63, 3.8) is 0 Å². The molecule has 0 N–H and O–H groups in total. The highest BCUT2D eigenvalue weighted by atomic mass is 16.1. The van der Waals surface area contributed by atoms with Gasteiger partial charge in [0.05, 0.1) is 0 Å². The van der Waals surface area contributed by atoms with E-state index in [2.05, 4.69) is 0 Å². The first-order chi connectivity index (χ1) is 5.15. The summed E-state index contributed by atoms with van der Waals surface area (Å²) >= 11 is 0. The van der Waals surface area contributed by atoms with Crippen LogP contribution >= 0.6 is 0 Å². The van der Waals surface area contributed by atoms with Crippen LogP contribution in [0.25, 0.3) is 0 Å². The minimum absolute atomic E-state index is 0.163. The molecule has 1 heteroatoms. The van der Waals surface area contributed by atoms with Gasteiger partial charge in [0.2, 0.25) is 0 Å². The lowest BCUT2D eigenvalue weighted by molar-refractivity contribution is -0.112. The van der Waals surface area contributed by atoms with Gasteiger partial charge in [-0.15, -0.1) is 0 Å². The van der Waals surface area contributed by atoms with E-state index in [4.69, 9.17) is 0 Å². The van der Waals surface area contributed by atoms with E-state index in [-0.39, 0.29) is 5.78 Å². The van der Waals surface area contributed by atoms with Gasteiger partial charge in [-0.2, -0.15) is 0 Å². The molecule has 0 unspecified atom stereocenters. The first kappa shape index (κ1) is 7.99. The molecule has 1 rings (SSSR count). The number of carbonyl (C=O) groups excluding carboxylic acids is 1. The fraction of sp³-hybridized carbons (Fsp3) is 0.300. The zero-order valence-electron chi connectivity index (χ0n) is 7.14. The molecule has 0 amide bonds. The third-order valence-electron chi connectivity index (χ3n) is 1.82. The molecule has 0 radical (unpaired) electrons. The Kier molecular flexibility index (Phi) is 2.08. The largest absolute Gasteiger partial charge is 0.289 e. The van der Waals surface area contributed by atoms with Crippen molar-refractivity contribution in [3.05, 3.63) is 34.9 Å². The first-order valence-corrected chi connectivity index (χ1v) is 3.72. The van der Waals surface area contributed by atoms with Gasteiger partial charge in [-0.05, 0) is 49.6 Å².